The third-order valence-electron chi connectivity index (χ3n) is 2.61. The molecule has 94 valence electrons. The zero-order valence-corrected chi connectivity index (χ0v) is 11.1. The van der Waals surface area contributed by atoms with Crippen LogP contribution in [0, 0.1) is 0 Å². The van der Waals surface area contributed by atoms with Crippen LogP contribution in [0.3, 0.4) is 0 Å². The molecule has 2 aromatic carbocycles. The van der Waals surface area contributed by atoms with E-state index in [1.165, 1.54) is 12.1 Å². The maximum Gasteiger partial charge on any atom is 0.206 e. The van der Waals surface area contributed by atoms with Crippen LogP contribution in [0.2, 0.25) is 5.02 Å². The Hall–Kier alpha value is -1.36. The largest absolute Gasteiger partial charge is 0.326 e. The van der Waals surface area contributed by atoms with E-state index in [1.807, 2.05) is 0 Å². The Bertz CT molecular complexity index is 651. The average molecular weight is 282 g/mol. The van der Waals surface area contributed by atoms with E-state index in [-0.39, 0.29) is 16.3 Å². The molecule has 0 heterocycles. The molecule has 0 saturated heterocycles. The summed E-state index contributed by atoms with van der Waals surface area (Å²) in [6.45, 7) is 0.184. The molecule has 2 N–H and O–H groups in total. The van der Waals surface area contributed by atoms with Crippen LogP contribution < -0.4 is 5.73 Å². The van der Waals surface area contributed by atoms with Gasteiger partial charge in [-0.3, -0.25) is 0 Å². The number of benzene rings is 2. The molecule has 0 fully saturated rings. The monoisotopic (exact) mass is 281 g/mol. The molecule has 0 radical (unpaired) electrons. The summed E-state index contributed by atoms with van der Waals surface area (Å²) in [4.78, 5) is 0.461. The zero-order chi connectivity index (χ0) is 13.2. The van der Waals surface area contributed by atoms with Gasteiger partial charge in [0.15, 0.2) is 0 Å². The van der Waals surface area contributed by atoms with Crippen molar-refractivity contribution in [3.8, 4) is 0 Å². The lowest BCUT2D eigenvalue weighted by Gasteiger charge is -2.09. The van der Waals surface area contributed by atoms with Gasteiger partial charge in [0.1, 0.15) is 0 Å². The normalized spacial score (nSPS) is 11.4. The summed E-state index contributed by atoms with van der Waals surface area (Å²) in [5.41, 5.74) is 6.17. The zero-order valence-electron chi connectivity index (χ0n) is 9.51. The number of nitrogens with two attached hydrogens (primary N) is 1. The maximum atomic E-state index is 12.4. The van der Waals surface area contributed by atoms with E-state index >= 15 is 0 Å². The fourth-order valence-corrected chi connectivity index (χ4v) is 3.30. The summed E-state index contributed by atoms with van der Waals surface area (Å²) >= 11 is 5.75. The molecule has 0 bridgehead atoms. The average Bonchev–Trinajstić information content (AvgIpc) is 2.39. The van der Waals surface area contributed by atoms with Gasteiger partial charge < -0.3 is 5.73 Å². The van der Waals surface area contributed by atoms with E-state index in [0.717, 1.165) is 0 Å². The quantitative estimate of drug-likeness (QED) is 0.941. The van der Waals surface area contributed by atoms with Crippen LogP contribution in [0.1, 0.15) is 5.56 Å². The van der Waals surface area contributed by atoms with E-state index in [4.69, 9.17) is 17.3 Å². The van der Waals surface area contributed by atoms with Gasteiger partial charge in [-0.1, -0.05) is 29.8 Å². The molecule has 0 spiro atoms. The van der Waals surface area contributed by atoms with Crippen LogP contribution in [-0.4, -0.2) is 8.42 Å². The number of rotatable bonds is 3. The van der Waals surface area contributed by atoms with Crippen molar-refractivity contribution in [3.05, 3.63) is 59.1 Å². The van der Waals surface area contributed by atoms with Gasteiger partial charge in [-0.15, -0.1) is 0 Å². The highest BCUT2D eigenvalue weighted by Gasteiger charge is 2.20. The molecule has 5 heteroatoms. The van der Waals surface area contributed by atoms with Gasteiger partial charge in [0.25, 0.3) is 0 Å². The third kappa shape index (κ3) is 2.41. The summed E-state index contributed by atoms with van der Waals surface area (Å²) in [5.74, 6) is 0. The fraction of sp³-hybridized carbons (Fsp3) is 0.0769. The number of sulfone groups is 1. The molecule has 0 aliphatic carbocycles. The van der Waals surface area contributed by atoms with Gasteiger partial charge in [-0.2, -0.15) is 0 Å². The van der Waals surface area contributed by atoms with Crippen molar-refractivity contribution in [1.82, 2.24) is 0 Å². The van der Waals surface area contributed by atoms with Crippen molar-refractivity contribution in [1.29, 1.82) is 0 Å². The predicted molar refractivity (Wildman–Crippen MR) is 71.2 cm³/mol. The summed E-state index contributed by atoms with van der Waals surface area (Å²) < 4.78 is 24.9. The van der Waals surface area contributed by atoms with Crippen molar-refractivity contribution in [2.45, 2.75) is 16.3 Å². The highest BCUT2D eigenvalue weighted by atomic mass is 35.5. The van der Waals surface area contributed by atoms with Crippen molar-refractivity contribution in [3.63, 3.8) is 0 Å². The Labute approximate surface area is 111 Å². The Kier molecular flexibility index (Phi) is 3.71. The minimum Gasteiger partial charge on any atom is -0.326 e. The van der Waals surface area contributed by atoms with Crippen molar-refractivity contribution < 1.29 is 8.42 Å². The third-order valence-corrected chi connectivity index (χ3v) is 4.73. The van der Waals surface area contributed by atoms with E-state index < -0.39 is 9.84 Å². The molecule has 2 aromatic rings. The van der Waals surface area contributed by atoms with Crippen LogP contribution in [0.25, 0.3) is 0 Å². The SMILES string of the molecule is NCc1ccccc1S(=O)(=O)c1ccc(Cl)cc1. The lowest BCUT2D eigenvalue weighted by molar-refractivity contribution is 0.595. The maximum absolute atomic E-state index is 12.4. The van der Waals surface area contributed by atoms with Crippen LogP contribution in [-0.2, 0) is 16.4 Å². The second-order valence-corrected chi connectivity index (χ2v) is 6.12. The van der Waals surface area contributed by atoms with Gasteiger partial charge in [-0.05, 0) is 35.9 Å². The molecule has 0 aromatic heterocycles. The van der Waals surface area contributed by atoms with Crippen LogP contribution in [0.15, 0.2) is 58.3 Å². The molecule has 0 amide bonds. The lowest BCUT2D eigenvalue weighted by Crippen LogP contribution is -2.08. The highest BCUT2D eigenvalue weighted by Crippen LogP contribution is 2.24. The first-order valence-corrected chi connectivity index (χ1v) is 7.20. The van der Waals surface area contributed by atoms with E-state index in [0.29, 0.717) is 10.6 Å². The molecular weight excluding hydrogens is 270 g/mol. The second kappa shape index (κ2) is 5.10. The second-order valence-electron chi connectivity index (χ2n) is 3.77. The smallest absolute Gasteiger partial charge is 0.206 e. The Morgan fingerprint density at radius 2 is 1.61 bits per heavy atom. The summed E-state index contributed by atoms with van der Waals surface area (Å²) in [5, 5.41) is 0.501. The topological polar surface area (TPSA) is 60.2 Å². The van der Waals surface area contributed by atoms with Crippen LogP contribution in [0.5, 0.6) is 0 Å². The van der Waals surface area contributed by atoms with Crippen molar-refractivity contribution in [2.24, 2.45) is 5.73 Å². The lowest BCUT2D eigenvalue weighted by atomic mass is 10.2. The van der Waals surface area contributed by atoms with Gasteiger partial charge in [0.2, 0.25) is 9.84 Å². The van der Waals surface area contributed by atoms with Crippen molar-refractivity contribution >= 4 is 21.4 Å². The summed E-state index contributed by atoms with van der Waals surface area (Å²) in [6.07, 6.45) is 0. The molecule has 0 unspecified atom stereocenters. The highest BCUT2D eigenvalue weighted by molar-refractivity contribution is 7.91. The summed E-state index contributed by atoms with van der Waals surface area (Å²) in [6, 6.07) is 12.8. The molecule has 3 nitrogen and oxygen atoms in total. The van der Waals surface area contributed by atoms with Crippen molar-refractivity contribution in [2.75, 3.05) is 0 Å². The Morgan fingerprint density at radius 1 is 1.00 bits per heavy atom. The fourth-order valence-electron chi connectivity index (χ4n) is 1.68. The predicted octanol–water partition coefficient (Wildman–Crippen LogP) is 2.63. The molecule has 0 saturated carbocycles. The number of halogens is 1. The van der Waals surface area contributed by atoms with Crippen LogP contribution in [0.4, 0.5) is 0 Å². The molecule has 0 aliphatic heterocycles. The molecule has 18 heavy (non-hydrogen) atoms. The van der Waals surface area contributed by atoms with Gasteiger partial charge in [-0.25, -0.2) is 8.42 Å². The van der Waals surface area contributed by atoms with Gasteiger partial charge in [0, 0.05) is 11.6 Å². The van der Waals surface area contributed by atoms with Gasteiger partial charge in [0.05, 0.1) is 9.79 Å². The first kappa shape index (κ1) is 13.1. The van der Waals surface area contributed by atoms with E-state index in [9.17, 15) is 8.42 Å². The minimum absolute atomic E-state index is 0.184. The molecule has 0 atom stereocenters. The van der Waals surface area contributed by atoms with E-state index in [1.54, 1.807) is 36.4 Å². The number of hydrogen-bond acceptors (Lipinski definition) is 3. The van der Waals surface area contributed by atoms with E-state index in [2.05, 4.69) is 0 Å². The standard InChI is InChI=1S/C13H12ClNO2S/c14-11-5-7-12(8-6-11)18(16,17)13-4-2-1-3-10(13)9-15/h1-8H,9,15H2. The first-order chi connectivity index (χ1) is 8.55. The molecular formula is C13H12ClNO2S. The molecule has 0 aliphatic rings. The first-order valence-electron chi connectivity index (χ1n) is 5.34. The Morgan fingerprint density at radius 3 is 2.22 bits per heavy atom. The Balaban J connectivity index is 2.58. The molecule has 2 rings (SSSR count). The minimum atomic E-state index is -3.54. The van der Waals surface area contributed by atoms with Crippen LogP contribution >= 0.6 is 11.6 Å². The van der Waals surface area contributed by atoms with Gasteiger partial charge >= 0.3 is 0 Å². The number of hydrogen-bond donors (Lipinski definition) is 1. The summed E-state index contributed by atoms with van der Waals surface area (Å²) in [7, 11) is -3.54.